The summed E-state index contributed by atoms with van der Waals surface area (Å²) in [6, 6.07) is 9.12. The third-order valence-electron chi connectivity index (χ3n) is 3.64. The lowest BCUT2D eigenvalue weighted by Crippen LogP contribution is -2.45. The van der Waals surface area contributed by atoms with E-state index >= 15 is 0 Å². The summed E-state index contributed by atoms with van der Waals surface area (Å²) in [7, 11) is -3.83. The van der Waals surface area contributed by atoms with Crippen LogP contribution in [0.3, 0.4) is 0 Å². The Bertz CT molecular complexity index is 875. The molecule has 1 heterocycles. The van der Waals surface area contributed by atoms with Gasteiger partial charge in [-0.1, -0.05) is 37.6 Å². The van der Waals surface area contributed by atoms with Crippen molar-refractivity contribution in [1.82, 2.24) is 4.72 Å². The fourth-order valence-corrected chi connectivity index (χ4v) is 4.50. The van der Waals surface area contributed by atoms with Gasteiger partial charge in [0.05, 0.1) is 0 Å². The SMILES string of the molecule is Cc1ccc(NC(=O)COC(=O)[C@@H](NS(=O)(=O)c2cccs2)C(C)C)cc1. The summed E-state index contributed by atoms with van der Waals surface area (Å²) >= 11 is 1.05. The summed E-state index contributed by atoms with van der Waals surface area (Å²) in [5, 5.41) is 4.24. The Kier molecular flexibility index (Phi) is 7.11. The van der Waals surface area contributed by atoms with Crippen LogP contribution in [0.15, 0.2) is 46.0 Å². The minimum Gasteiger partial charge on any atom is -0.454 e. The second-order valence-electron chi connectivity index (χ2n) is 6.30. The fraction of sp³-hybridized carbons (Fsp3) is 0.333. The molecule has 1 atom stereocenters. The van der Waals surface area contributed by atoms with Crippen LogP contribution in [0.2, 0.25) is 0 Å². The highest BCUT2D eigenvalue weighted by Crippen LogP contribution is 2.17. The van der Waals surface area contributed by atoms with Crippen molar-refractivity contribution in [3.05, 3.63) is 47.3 Å². The lowest BCUT2D eigenvalue weighted by atomic mass is 10.1. The zero-order valence-electron chi connectivity index (χ0n) is 15.3. The molecule has 0 aliphatic heterocycles. The molecule has 0 unspecified atom stereocenters. The van der Waals surface area contributed by atoms with Crippen molar-refractivity contribution in [3.63, 3.8) is 0 Å². The molecule has 2 N–H and O–H groups in total. The third kappa shape index (κ3) is 6.16. The standard InChI is InChI=1S/C18H22N2O5S2/c1-12(2)17(20-27(23,24)16-5-4-10-26-16)18(22)25-11-15(21)19-14-8-6-13(3)7-9-14/h4-10,12,17,20H,11H2,1-3H3,(H,19,21)/t17-/m0/s1. The van der Waals surface area contributed by atoms with Crippen LogP contribution < -0.4 is 10.0 Å². The molecular weight excluding hydrogens is 388 g/mol. The predicted octanol–water partition coefficient (Wildman–Crippen LogP) is 2.54. The molecule has 1 aromatic carbocycles. The first-order valence-corrected chi connectivity index (χ1v) is 10.6. The van der Waals surface area contributed by atoms with E-state index < -0.39 is 34.5 Å². The molecule has 0 bridgehead atoms. The number of esters is 1. The average Bonchev–Trinajstić information content (AvgIpc) is 3.15. The number of rotatable bonds is 8. The molecule has 27 heavy (non-hydrogen) atoms. The van der Waals surface area contributed by atoms with Crippen molar-refractivity contribution < 1.29 is 22.7 Å². The van der Waals surface area contributed by atoms with Crippen LogP contribution >= 0.6 is 11.3 Å². The van der Waals surface area contributed by atoms with Gasteiger partial charge in [0.1, 0.15) is 10.3 Å². The van der Waals surface area contributed by atoms with E-state index in [-0.39, 0.29) is 10.1 Å². The van der Waals surface area contributed by atoms with E-state index in [1.807, 2.05) is 19.1 Å². The second kappa shape index (κ2) is 9.12. The Labute approximate surface area is 162 Å². The van der Waals surface area contributed by atoms with Crippen LogP contribution in [-0.4, -0.2) is 32.9 Å². The number of nitrogens with one attached hydrogen (secondary N) is 2. The van der Waals surface area contributed by atoms with E-state index in [0.29, 0.717) is 5.69 Å². The number of hydrogen-bond acceptors (Lipinski definition) is 6. The van der Waals surface area contributed by atoms with Gasteiger partial charge in [0, 0.05) is 5.69 Å². The number of thiophene rings is 1. The average molecular weight is 411 g/mol. The van der Waals surface area contributed by atoms with Gasteiger partial charge in [-0.05, 0) is 36.4 Å². The number of amides is 1. The van der Waals surface area contributed by atoms with Crippen LogP contribution in [-0.2, 0) is 24.3 Å². The summed E-state index contributed by atoms with van der Waals surface area (Å²) in [6.45, 7) is 4.80. The number of benzene rings is 1. The molecule has 0 saturated heterocycles. The van der Waals surface area contributed by atoms with Crippen molar-refractivity contribution in [2.75, 3.05) is 11.9 Å². The summed E-state index contributed by atoms with van der Waals surface area (Å²) in [6.07, 6.45) is 0. The van der Waals surface area contributed by atoms with E-state index in [1.54, 1.807) is 37.4 Å². The molecule has 9 heteroatoms. The lowest BCUT2D eigenvalue weighted by molar-refractivity contribution is -0.150. The maximum Gasteiger partial charge on any atom is 0.324 e. The molecule has 0 saturated carbocycles. The van der Waals surface area contributed by atoms with Gasteiger partial charge in [-0.2, -0.15) is 4.72 Å². The van der Waals surface area contributed by atoms with Crippen LogP contribution in [0.1, 0.15) is 19.4 Å². The zero-order valence-corrected chi connectivity index (χ0v) is 16.9. The topological polar surface area (TPSA) is 102 Å². The maximum absolute atomic E-state index is 12.3. The van der Waals surface area contributed by atoms with Crippen LogP contribution in [0, 0.1) is 12.8 Å². The van der Waals surface area contributed by atoms with Gasteiger partial charge < -0.3 is 10.1 Å². The molecule has 0 aliphatic carbocycles. The Morgan fingerprint density at radius 3 is 2.37 bits per heavy atom. The third-order valence-corrected chi connectivity index (χ3v) is 6.48. The monoisotopic (exact) mass is 410 g/mol. The van der Waals surface area contributed by atoms with Crippen molar-refractivity contribution in [2.45, 2.75) is 31.0 Å². The first-order chi connectivity index (χ1) is 12.7. The molecule has 0 aliphatic rings. The van der Waals surface area contributed by atoms with Gasteiger partial charge in [0.2, 0.25) is 0 Å². The molecule has 2 rings (SSSR count). The van der Waals surface area contributed by atoms with Gasteiger partial charge in [-0.25, -0.2) is 8.42 Å². The van der Waals surface area contributed by atoms with E-state index in [9.17, 15) is 18.0 Å². The largest absolute Gasteiger partial charge is 0.454 e. The number of carbonyl (C=O) groups is 2. The zero-order chi connectivity index (χ0) is 20.0. The van der Waals surface area contributed by atoms with Gasteiger partial charge in [0.25, 0.3) is 15.9 Å². The van der Waals surface area contributed by atoms with Gasteiger partial charge >= 0.3 is 5.97 Å². The predicted molar refractivity (Wildman–Crippen MR) is 104 cm³/mol. The number of anilines is 1. The normalized spacial score (nSPS) is 12.6. The Morgan fingerprint density at radius 1 is 1.15 bits per heavy atom. The van der Waals surface area contributed by atoms with E-state index in [4.69, 9.17) is 4.74 Å². The molecule has 0 radical (unpaired) electrons. The Balaban J connectivity index is 1.94. The number of sulfonamides is 1. The molecule has 1 aromatic heterocycles. The van der Waals surface area contributed by atoms with Gasteiger partial charge in [-0.3, -0.25) is 9.59 Å². The van der Waals surface area contributed by atoms with Crippen molar-refractivity contribution in [1.29, 1.82) is 0 Å². The van der Waals surface area contributed by atoms with Crippen LogP contribution in [0.25, 0.3) is 0 Å². The lowest BCUT2D eigenvalue weighted by Gasteiger charge is -2.20. The highest BCUT2D eigenvalue weighted by atomic mass is 32.2. The minimum absolute atomic E-state index is 0.109. The van der Waals surface area contributed by atoms with Gasteiger partial charge in [0.15, 0.2) is 6.61 Å². The first-order valence-electron chi connectivity index (χ1n) is 8.28. The van der Waals surface area contributed by atoms with Crippen molar-refractivity contribution in [3.8, 4) is 0 Å². The first kappa shape index (κ1) is 21.1. The number of ether oxygens (including phenoxy) is 1. The summed E-state index contributed by atoms with van der Waals surface area (Å²) in [4.78, 5) is 24.2. The molecule has 0 spiro atoms. The number of aryl methyl sites for hydroxylation is 1. The Morgan fingerprint density at radius 2 is 1.81 bits per heavy atom. The minimum atomic E-state index is -3.83. The van der Waals surface area contributed by atoms with Gasteiger partial charge in [-0.15, -0.1) is 11.3 Å². The summed E-state index contributed by atoms with van der Waals surface area (Å²) in [5.74, 6) is -1.66. The molecule has 7 nitrogen and oxygen atoms in total. The number of hydrogen-bond donors (Lipinski definition) is 2. The van der Waals surface area contributed by atoms with Crippen molar-refractivity contribution >= 4 is 38.9 Å². The second-order valence-corrected chi connectivity index (χ2v) is 9.19. The van der Waals surface area contributed by atoms with E-state index in [2.05, 4.69) is 10.0 Å². The molecule has 1 amide bonds. The molecule has 0 fully saturated rings. The summed E-state index contributed by atoms with van der Waals surface area (Å²) < 4.78 is 32.1. The highest BCUT2D eigenvalue weighted by Gasteiger charge is 2.30. The maximum atomic E-state index is 12.3. The molecule has 146 valence electrons. The molecule has 2 aromatic rings. The van der Waals surface area contributed by atoms with E-state index in [1.165, 1.54) is 6.07 Å². The van der Waals surface area contributed by atoms with Crippen LogP contribution in [0.4, 0.5) is 5.69 Å². The van der Waals surface area contributed by atoms with Crippen LogP contribution in [0.5, 0.6) is 0 Å². The Hall–Kier alpha value is -2.23. The molecular formula is C18H22N2O5S2. The fourth-order valence-electron chi connectivity index (χ4n) is 2.16. The quantitative estimate of drug-likeness (QED) is 0.651. The highest BCUT2D eigenvalue weighted by molar-refractivity contribution is 7.91. The number of carbonyl (C=O) groups excluding carboxylic acids is 2. The van der Waals surface area contributed by atoms with Crippen molar-refractivity contribution in [2.24, 2.45) is 5.92 Å². The van der Waals surface area contributed by atoms with E-state index in [0.717, 1.165) is 16.9 Å². The summed E-state index contributed by atoms with van der Waals surface area (Å²) in [5.41, 5.74) is 1.64. The smallest absolute Gasteiger partial charge is 0.324 e.